The van der Waals surface area contributed by atoms with E-state index < -0.39 is 34.5 Å². The number of carbonyl (C=O) groups excluding carboxylic acids is 2. The normalized spacial score (nSPS) is 12.4. The summed E-state index contributed by atoms with van der Waals surface area (Å²) < 4.78 is 40.4. The zero-order chi connectivity index (χ0) is 18.3. The molecule has 14 nitrogen and oxygen atoms in total. The Bertz CT molecular complexity index is 481. The van der Waals surface area contributed by atoms with Gasteiger partial charge in [0.2, 0.25) is 0 Å². The Kier molecular flexibility index (Phi) is 7.58. The van der Waals surface area contributed by atoms with Gasteiger partial charge in [0.15, 0.2) is 0 Å². The fourth-order valence-electron chi connectivity index (χ4n) is 1.05. The summed E-state index contributed by atoms with van der Waals surface area (Å²) in [6, 6.07) is 0. The summed E-state index contributed by atoms with van der Waals surface area (Å²) in [5.41, 5.74) is 20.8. The molecule has 0 saturated heterocycles. The van der Waals surface area contributed by atoms with Crippen molar-refractivity contribution in [2.24, 2.45) is 22.9 Å². The number of alkyl carbamates (subject to hydrolysis) is 2. The van der Waals surface area contributed by atoms with Gasteiger partial charge in [-0.15, -0.1) is 0 Å². The summed E-state index contributed by atoms with van der Waals surface area (Å²) in [4.78, 5) is 22.2. The van der Waals surface area contributed by atoms with Crippen molar-refractivity contribution in [2.45, 2.75) is 25.8 Å². The van der Waals surface area contributed by atoms with E-state index in [4.69, 9.17) is 22.9 Å². The van der Waals surface area contributed by atoms with Crippen molar-refractivity contribution >= 4 is 22.6 Å². The van der Waals surface area contributed by atoms with E-state index >= 15 is 0 Å². The van der Waals surface area contributed by atoms with Gasteiger partial charge in [0.25, 0.3) is 11.9 Å². The molecule has 0 aromatic rings. The van der Waals surface area contributed by atoms with Gasteiger partial charge >= 0.3 is 22.6 Å². The lowest BCUT2D eigenvalue weighted by atomic mass is 10.7. The van der Waals surface area contributed by atoms with Crippen LogP contribution in [-0.2, 0) is 28.2 Å². The van der Waals surface area contributed by atoms with E-state index in [1.165, 1.54) is 13.8 Å². The van der Waals surface area contributed by atoms with Crippen LogP contribution < -0.4 is 33.6 Å². The van der Waals surface area contributed by atoms with Crippen LogP contribution in [0, 0.1) is 0 Å². The summed E-state index contributed by atoms with van der Waals surface area (Å²) in [5.74, 6) is -5.46. The Morgan fingerprint density at radius 2 is 1.17 bits per heavy atom. The van der Waals surface area contributed by atoms with E-state index in [0.29, 0.717) is 0 Å². The highest BCUT2D eigenvalue weighted by Gasteiger charge is 2.37. The van der Waals surface area contributed by atoms with Crippen molar-refractivity contribution in [1.82, 2.24) is 10.6 Å². The molecule has 0 heterocycles. The molecule has 0 aromatic carbocycles. The molecule has 23 heavy (non-hydrogen) atoms. The van der Waals surface area contributed by atoms with Crippen LogP contribution in [-0.4, -0.2) is 45.8 Å². The van der Waals surface area contributed by atoms with Crippen molar-refractivity contribution in [3.63, 3.8) is 0 Å². The highest BCUT2D eigenvalue weighted by molar-refractivity contribution is 7.81. The van der Waals surface area contributed by atoms with Crippen molar-refractivity contribution in [3.8, 4) is 0 Å². The number of nitrogens with two attached hydrogens (primary N) is 4. The molecule has 10 N–H and O–H groups in total. The van der Waals surface area contributed by atoms with Gasteiger partial charge < -0.3 is 9.47 Å². The van der Waals surface area contributed by atoms with Crippen LogP contribution >= 0.6 is 0 Å². The first-order chi connectivity index (χ1) is 10.3. The first-order valence-electron chi connectivity index (χ1n) is 6.04. The highest BCUT2D eigenvalue weighted by atomic mass is 32.3. The molecule has 0 bridgehead atoms. The first-order valence-corrected chi connectivity index (χ1v) is 7.37. The molecular formula is C8H20N6O8S. The minimum atomic E-state index is -5.06. The zero-order valence-corrected chi connectivity index (χ0v) is 13.2. The van der Waals surface area contributed by atoms with Gasteiger partial charge in [-0.2, -0.15) is 16.8 Å². The van der Waals surface area contributed by atoms with Gasteiger partial charge in [0.1, 0.15) is 0 Å². The van der Waals surface area contributed by atoms with E-state index in [0.717, 1.165) is 0 Å². The largest absolute Gasteiger partial charge is 0.450 e. The van der Waals surface area contributed by atoms with Gasteiger partial charge in [-0.25, -0.2) is 9.59 Å². The van der Waals surface area contributed by atoms with Crippen LogP contribution in [0.25, 0.3) is 0 Å². The number of hydrogen-bond donors (Lipinski definition) is 6. The predicted molar refractivity (Wildman–Crippen MR) is 73.6 cm³/mol. The number of rotatable bonds is 8. The third-order valence-corrected chi connectivity index (χ3v) is 2.59. The number of amides is 2. The Balaban J connectivity index is 4.79. The Morgan fingerprint density at radius 3 is 1.43 bits per heavy atom. The fraction of sp³-hybridized carbons (Fsp3) is 0.750. The zero-order valence-electron chi connectivity index (χ0n) is 12.4. The summed E-state index contributed by atoms with van der Waals surface area (Å²) in [6.07, 6.45) is -2.33. The van der Waals surface area contributed by atoms with E-state index in [9.17, 15) is 18.0 Å². The number of carbonyl (C=O) groups is 2. The number of hydrogen-bond acceptors (Lipinski definition) is 12. The molecule has 136 valence electrons. The molecule has 0 unspecified atom stereocenters. The standard InChI is InChI=1S/C8H20N6O8S/c1-3-19-5(15)13-7(9,10)21-23(17,18)22-8(11,12)14-6(16)20-4-2/h3-4,9-12H2,1-2H3,(H,13,15)(H,14,16). The lowest BCUT2D eigenvalue weighted by Crippen LogP contribution is -2.68. The van der Waals surface area contributed by atoms with Gasteiger partial charge in [0.05, 0.1) is 13.2 Å². The van der Waals surface area contributed by atoms with E-state index in [1.54, 1.807) is 10.6 Å². The van der Waals surface area contributed by atoms with E-state index in [2.05, 4.69) is 17.8 Å². The predicted octanol–water partition coefficient (Wildman–Crippen LogP) is -3.19. The second-order valence-electron chi connectivity index (χ2n) is 3.85. The molecule has 0 radical (unpaired) electrons. The lowest BCUT2D eigenvalue weighted by molar-refractivity contribution is -0.0102. The Labute approximate surface area is 132 Å². The molecule has 0 aliphatic heterocycles. The van der Waals surface area contributed by atoms with Gasteiger partial charge in [-0.05, 0) is 13.8 Å². The summed E-state index contributed by atoms with van der Waals surface area (Å²) >= 11 is 0. The second kappa shape index (κ2) is 8.20. The molecule has 15 heteroatoms. The topological polar surface area (TPSA) is 233 Å². The van der Waals surface area contributed by atoms with Gasteiger partial charge in [-0.3, -0.25) is 33.6 Å². The van der Waals surface area contributed by atoms with E-state index in [1.807, 2.05) is 0 Å². The Morgan fingerprint density at radius 1 is 0.870 bits per heavy atom. The number of nitrogens with one attached hydrogen (secondary N) is 2. The van der Waals surface area contributed by atoms with E-state index in [-0.39, 0.29) is 13.2 Å². The average molecular weight is 360 g/mol. The molecule has 0 aromatic heterocycles. The van der Waals surface area contributed by atoms with Crippen LogP contribution in [0.5, 0.6) is 0 Å². The van der Waals surface area contributed by atoms with Crippen molar-refractivity contribution in [1.29, 1.82) is 0 Å². The highest BCUT2D eigenvalue weighted by Crippen LogP contribution is 2.06. The monoisotopic (exact) mass is 360 g/mol. The molecule has 2 amide bonds. The molecule has 0 fully saturated rings. The minimum Gasteiger partial charge on any atom is -0.450 e. The smallest absolute Gasteiger partial charge is 0.411 e. The second-order valence-corrected chi connectivity index (χ2v) is 5.00. The fourth-order valence-corrected chi connectivity index (χ4v) is 1.84. The average Bonchev–Trinajstić information content (AvgIpc) is 2.22. The molecule has 0 rings (SSSR count). The number of ether oxygens (including phenoxy) is 2. The molecule has 0 spiro atoms. The van der Waals surface area contributed by atoms with Crippen molar-refractivity contribution in [2.75, 3.05) is 13.2 Å². The summed E-state index contributed by atoms with van der Waals surface area (Å²) in [5, 5.41) is 3.36. The van der Waals surface area contributed by atoms with Crippen LogP contribution in [0.15, 0.2) is 0 Å². The van der Waals surface area contributed by atoms with Crippen LogP contribution in [0.2, 0.25) is 0 Å². The molecular weight excluding hydrogens is 340 g/mol. The van der Waals surface area contributed by atoms with Crippen molar-refractivity contribution in [3.05, 3.63) is 0 Å². The molecule has 0 atom stereocenters. The quantitative estimate of drug-likeness (QED) is 0.235. The minimum absolute atomic E-state index is 0.0384. The summed E-state index contributed by atoms with van der Waals surface area (Å²) in [6.45, 7) is 2.88. The van der Waals surface area contributed by atoms with Gasteiger partial charge in [0, 0.05) is 0 Å². The third kappa shape index (κ3) is 9.79. The maximum Gasteiger partial charge on any atom is 0.411 e. The molecule has 0 aliphatic carbocycles. The SMILES string of the molecule is CCOC(=O)NC(N)(N)OS(=O)(=O)OC(N)(N)NC(=O)OCC. The third-order valence-electron chi connectivity index (χ3n) is 1.63. The maximum atomic E-state index is 11.6. The molecule has 0 saturated carbocycles. The lowest BCUT2D eigenvalue weighted by Gasteiger charge is -2.27. The maximum absolute atomic E-state index is 11.6. The van der Waals surface area contributed by atoms with Crippen molar-refractivity contribution < 1.29 is 35.8 Å². The Hall–Kier alpha value is -1.75. The van der Waals surface area contributed by atoms with Crippen LogP contribution in [0.3, 0.4) is 0 Å². The first kappa shape index (κ1) is 21.2. The summed E-state index contributed by atoms with van der Waals surface area (Å²) in [7, 11) is -5.06. The van der Waals surface area contributed by atoms with Gasteiger partial charge in [-0.1, -0.05) is 0 Å². The van der Waals surface area contributed by atoms with Crippen LogP contribution in [0.4, 0.5) is 9.59 Å². The van der Waals surface area contributed by atoms with Crippen LogP contribution in [0.1, 0.15) is 13.8 Å². The molecule has 0 aliphatic rings.